The Morgan fingerprint density at radius 2 is 1.50 bits per heavy atom. The number of carboxylic acid groups (broad SMARTS) is 1. The van der Waals surface area contributed by atoms with E-state index >= 15 is 0 Å². The van der Waals surface area contributed by atoms with Crippen LogP contribution in [0.3, 0.4) is 0 Å². The summed E-state index contributed by atoms with van der Waals surface area (Å²) in [6, 6.07) is 0. The molecule has 0 aromatic rings. The second-order valence-corrected chi connectivity index (χ2v) is 6.29. The van der Waals surface area contributed by atoms with E-state index in [2.05, 4.69) is 6.92 Å². The van der Waals surface area contributed by atoms with Crippen molar-refractivity contribution in [3.05, 3.63) is 0 Å². The molecular weight excluding hydrogens is 228 g/mol. The van der Waals surface area contributed by atoms with Crippen LogP contribution in [0.4, 0.5) is 0 Å². The number of rotatable bonds is 10. The molecule has 0 bridgehead atoms. The van der Waals surface area contributed by atoms with Crippen LogP contribution in [0.1, 0.15) is 51.9 Å². The Hall–Kier alpha value is -0.580. The van der Waals surface area contributed by atoms with Crippen molar-refractivity contribution in [2.24, 2.45) is 0 Å². The monoisotopic (exact) mass is 250 g/mol. The Morgan fingerprint density at radius 3 is 2.00 bits per heavy atom. The molecule has 0 radical (unpaired) electrons. The molecule has 0 rings (SSSR count). The molecule has 0 aliphatic rings. The predicted molar refractivity (Wildman–Crippen MR) is 64.3 cm³/mol. The lowest BCUT2D eigenvalue weighted by atomic mass is 10.1. The normalized spacial score (nSPS) is 11.6. The minimum atomic E-state index is -3.38. The lowest BCUT2D eigenvalue weighted by Gasteiger charge is -2.02. The fourth-order valence-electron chi connectivity index (χ4n) is 1.54. The number of sulfone groups is 1. The first-order chi connectivity index (χ1) is 7.48. The van der Waals surface area contributed by atoms with Crippen LogP contribution in [0.5, 0.6) is 0 Å². The van der Waals surface area contributed by atoms with Gasteiger partial charge in [0, 0.05) is 0 Å². The Labute approximate surface area is 98.0 Å². The van der Waals surface area contributed by atoms with Gasteiger partial charge >= 0.3 is 5.97 Å². The van der Waals surface area contributed by atoms with E-state index in [1.54, 1.807) is 0 Å². The van der Waals surface area contributed by atoms with Gasteiger partial charge in [-0.1, -0.05) is 45.4 Å². The molecule has 0 aliphatic carbocycles. The van der Waals surface area contributed by atoms with Crippen LogP contribution < -0.4 is 0 Å². The Kier molecular flexibility index (Phi) is 8.25. The minimum absolute atomic E-state index is 0.00702. The van der Waals surface area contributed by atoms with Gasteiger partial charge in [0.25, 0.3) is 0 Å². The number of aliphatic carboxylic acids is 1. The van der Waals surface area contributed by atoms with Crippen LogP contribution in [-0.2, 0) is 14.6 Å². The average molecular weight is 250 g/mol. The zero-order valence-electron chi connectivity index (χ0n) is 9.94. The number of hydrogen-bond donors (Lipinski definition) is 1. The van der Waals surface area contributed by atoms with Crippen LogP contribution >= 0.6 is 0 Å². The maximum absolute atomic E-state index is 11.2. The zero-order chi connectivity index (χ0) is 12.4. The van der Waals surface area contributed by atoms with Crippen LogP contribution in [0.25, 0.3) is 0 Å². The third kappa shape index (κ3) is 9.96. The predicted octanol–water partition coefficient (Wildman–Crippen LogP) is 2.24. The van der Waals surface area contributed by atoms with Gasteiger partial charge < -0.3 is 5.11 Å². The third-order valence-electron chi connectivity index (χ3n) is 2.40. The second kappa shape index (κ2) is 8.56. The fourth-order valence-corrected chi connectivity index (χ4v) is 2.70. The van der Waals surface area contributed by atoms with Crippen molar-refractivity contribution in [3.8, 4) is 0 Å². The number of hydrogen-bond acceptors (Lipinski definition) is 3. The van der Waals surface area contributed by atoms with E-state index in [1.165, 1.54) is 19.3 Å². The van der Waals surface area contributed by atoms with Crippen molar-refractivity contribution < 1.29 is 18.3 Å². The summed E-state index contributed by atoms with van der Waals surface area (Å²) >= 11 is 0. The van der Waals surface area contributed by atoms with E-state index < -0.39 is 21.6 Å². The maximum Gasteiger partial charge on any atom is 0.318 e. The quantitative estimate of drug-likeness (QED) is 0.603. The van der Waals surface area contributed by atoms with Crippen molar-refractivity contribution in [2.45, 2.75) is 51.9 Å². The zero-order valence-corrected chi connectivity index (χ0v) is 10.8. The van der Waals surface area contributed by atoms with Crippen LogP contribution in [-0.4, -0.2) is 31.0 Å². The molecule has 0 saturated carbocycles. The van der Waals surface area contributed by atoms with Gasteiger partial charge in [0.05, 0.1) is 5.75 Å². The Morgan fingerprint density at radius 1 is 1.00 bits per heavy atom. The summed E-state index contributed by atoms with van der Waals surface area (Å²) in [5, 5.41) is 8.37. The standard InChI is InChI=1S/C11H22O4S/c1-2-3-4-5-6-7-8-9-16(14,15)10-11(12)13/h2-10H2,1H3,(H,12,13). The number of carbonyl (C=O) groups is 1. The number of carboxylic acids is 1. The molecule has 96 valence electrons. The third-order valence-corrected chi connectivity index (χ3v) is 4.00. The molecule has 4 nitrogen and oxygen atoms in total. The molecule has 0 heterocycles. The summed E-state index contributed by atoms with van der Waals surface area (Å²) in [6.45, 7) is 2.15. The molecule has 0 aliphatic heterocycles. The van der Waals surface area contributed by atoms with Gasteiger partial charge in [0.1, 0.15) is 5.75 Å². The number of unbranched alkanes of at least 4 members (excludes halogenated alkanes) is 6. The molecule has 0 spiro atoms. The van der Waals surface area contributed by atoms with E-state index in [9.17, 15) is 13.2 Å². The minimum Gasteiger partial charge on any atom is -0.480 e. The van der Waals surface area contributed by atoms with Gasteiger partial charge in [-0.05, 0) is 6.42 Å². The Balaban J connectivity index is 3.47. The average Bonchev–Trinajstić information content (AvgIpc) is 2.14. The second-order valence-electron chi connectivity index (χ2n) is 4.11. The van der Waals surface area contributed by atoms with Crippen molar-refractivity contribution in [2.75, 3.05) is 11.5 Å². The SMILES string of the molecule is CCCCCCCCCS(=O)(=O)CC(=O)O. The van der Waals surface area contributed by atoms with Crippen molar-refractivity contribution >= 4 is 15.8 Å². The molecule has 1 N–H and O–H groups in total. The smallest absolute Gasteiger partial charge is 0.318 e. The highest BCUT2D eigenvalue weighted by Crippen LogP contribution is 2.08. The topological polar surface area (TPSA) is 71.4 Å². The van der Waals surface area contributed by atoms with E-state index in [1.807, 2.05) is 0 Å². The summed E-state index contributed by atoms with van der Waals surface area (Å²) < 4.78 is 22.4. The van der Waals surface area contributed by atoms with Gasteiger partial charge in [0.2, 0.25) is 0 Å². The summed E-state index contributed by atoms with van der Waals surface area (Å²) in [6.07, 6.45) is 7.29. The highest BCUT2D eigenvalue weighted by Gasteiger charge is 2.14. The van der Waals surface area contributed by atoms with Crippen molar-refractivity contribution in [1.29, 1.82) is 0 Å². The summed E-state index contributed by atoms with van der Waals surface area (Å²) in [7, 11) is -3.38. The molecule has 0 fully saturated rings. The van der Waals surface area contributed by atoms with Gasteiger partial charge in [-0.2, -0.15) is 0 Å². The first-order valence-electron chi connectivity index (χ1n) is 5.90. The summed E-state index contributed by atoms with van der Waals surface area (Å²) in [5.74, 6) is -1.99. The largest absolute Gasteiger partial charge is 0.480 e. The molecule has 0 atom stereocenters. The van der Waals surface area contributed by atoms with Crippen molar-refractivity contribution in [3.63, 3.8) is 0 Å². The van der Waals surface area contributed by atoms with Crippen LogP contribution in [0, 0.1) is 0 Å². The lowest BCUT2D eigenvalue weighted by molar-refractivity contribution is -0.134. The summed E-state index contributed by atoms with van der Waals surface area (Å²) in [5.41, 5.74) is 0. The van der Waals surface area contributed by atoms with Gasteiger partial charge in [0.15, 0.2) is 9.84 Å². The molecule has 0 amide bonds. The lowest BCUT2D eigenvalue weighted by Crippen LogP contribution is -2.18. The molecule has 0 aromatic heterocycles. The first-order valence-corrected chi connectivity index (χ1v) is 7.72. The van der Waals surface area contributed by atoms with E-state index in [4.69, 9.17) is 5.11 Å². The van der Waals surface area contributed by atoms with Gasteiger partial charge in [-0.3, -0.25) is 4.79 Å². The molecule has 5 heteroatoms. The molecule has 0 saturated heterocycles. The molecule has 16 heavy (non-hydrogen) atoms. The van der Waals surface area contributed by atoms with E-state index in [0.717, 1.165) is 19.3 Å². The Bertz CT molecular complexity index is 282. The van der Waals surface area contributed by atoms with Gasteiger partial charge in [-0.25, -0.2) is 8.42 Å². The molecular formula is C11H22O4S. The van der Waals surface area contributed by atoms with E-state index in [-0.39, 0.29) is 5.75 Å². The highest BCUT2D eigenvalue weighted by molar-refractivity contribution is 7.92. The highest BCUT2D eigenvalue weighted by atomic mass is 32.2. The van der Waals surface area contributed by atoms with Gasteiger partial charge in [-0.15, -0.1) is 0 Å². The van der Waals surface area contributed by atoms with Crippen molar-refractivity contribution in [1.82, 2.24) is 0 Å². The van der Waals surface area contributed by atoms with E-state index in [0.29, 0.717) is 6.42 Å². The van der Waals surface area contributed by atoms with Crippen LogP contribution in [0.2, 0.25) is 0 Å². The molecule has 0 aromatic carbocycles. The van der Waals surface area contributed by atoms with Crippen LogP contribution in [0.15, 0.2) is 0 Å². The first kappa shape index (κ1) is 15.4. The summed E-state index contributed by atoms with van der Waals surface area (Å²) in [4.78, 5) is 10.2. The molecule has 0 unspecified atom stereocenters. The maximum atomic E-state index is 11.2. The fraction of sp³-hybridized carbons (Fsp3) is 0.909.